The van der Waals surface area contributed by atoms with Gasteiger partial charge in [-0.1, -0.05) is 13.2 Å². The Kier molecular flexibility index (Phi) is 16.9. The monoisotopic (exact) mass is 615 g/mol. The summed E-state index contributed by atoms with van der Waals surface area (Å²) in [6, 6.07) is 0.538. The first-order valence-electron chi connectivity index (χ1n) is 13.7. The minimum absolute atomic E-state index is 0.0802. The van der Waals surface area contributed by atoms with Crippen molar-refractivity contribution in [3.63, 3.8) is 0 Å². The molecule has 0 aromatic carbocycles. The summed E-state index contributed by atoms with van der Waals surface area (Å²) in [5.74, 6) is -2.07. The van der Waals surface area contributed by atoms with E-state index in [9.17, 15) is 28.8 Å². The van der Waals surface area contributed by atoms with Crippen molar-refractivity contribution in [3.8, 4) is 0 Å². The number of carbonyl (C=O) groups excluding carboxylic acids is 3. The number of rotatable bonds is 22. The van der Waals surface area contributed by atoms with Crippen LogP contribution < -0.4 is 17.1 Å². The van der Waals surface area contributed by atoms with Crippen LogP contribution in [0.1, 0.15) is 40.0 Å². The Bertz CT molecular complexity index is 1160. The van der Waals surface area contributed by atoms with Gasteiger partial charge in [0.1, 0.15) is 19.8 Å². The molecule has 0 saturated heterocycles. The second-order valence-corrected chi connectivity index (χ2v) is 11.2. The molecule has 1 aromatic heterocycles. The molecule has 0 radical (unpaired) electrons. The molecule has 15 nitrogen and oxygen atoms in total. The van der Waals surface area contributed by atoms with Gasteiger partial charge in [-0.3, -0.25) is 4.79 Å². The summed E-state index contributed by atoms with van der Waals surface area (Å²) in [7, 11) is -2.82. The Morgan fingerprint density at radius 1 is 0.667 bits per heavy atom. The van der Waals surface area contributed by atoms with Gasteiger partial charge >= 0.3 is 43.8 Å². The van der Waals surface area contributed by atoms with Crippen molar-refractivity contribution in [2.45, 2.75) is 65.7 Å². The van der Waals surface area contributed by atoms with Gasteiger partial charge in [0.2, 0.25) is 0 Å². The van der Waals surface area contributed by atoms with E-state index in [-0.39, 0.29) is 45.9 Å². The molecule has 236 valence electrons. The summed E-state index contributed by atoms with van der Waals surface area (Å²) in [6.07, 6.45) is 2.99. The van der Waals surface area contributed by atoms with E-state index in [0.717, 1.165) is 12.2 Å². The number of nitrogens with zero attached hydrogens (tertiary/aromatic N) is 3. The van der Waals surface area contributed by atoms with E-state index >= 15 is 0 Å². The summed E-state index contributed by atoms with van der Waals surface area (Å²) in [6.45, 7) is 11.4. The van der Waals surface area contributed by atoms with Gasteiger partial charge in [-0.15, -0.1) is 0 Å². The first kappa shape index (κ1) is 36.4. The normalized spacial score (nSPS) is 11.1. The van der Waals surface area contributed by atoms with Crippen LogP contribution in [0.4, 0.5) is 0 Å². The first-order chi connectivity index (χ1) is 20.1. The Balaban J connectivity index is 2.91. The van der Waals surface area contributed by atoms with Crippen molar-refractivity contribution < 1.29 is 41.9 Å². The number of unbranched alkanes of at least 4 members (excludes halogenated alkanes) is 1. The topological polar surface area (TPSA) is 173 Å². The van der Waals surface area contributed by atoms with Gasteiger partial charge in [-0.05, 0) is 33.6 Å². The van der Waals surface area contributed by atoms with Gasteiger partial charge in [0.05, 0.1) is 19.6 Å². The van der Waals surface area contributed by atoms with E-state index in [0.29, 0.717) is 52.4 Å². The smallest absolute Gasteiger partial charge is 0.464 e. The molecule has 0 N–H and O–H groups in total. The second-order valence-electron chi connectivity index (χ2n) is 8.46. The number of carbonyl (C=O) groups is 3. The number of ether oxygens (including phenoxy) is 3. The van der Waals surface area contributed by atoms with Crippen LogP contribution in [0.3, 0.4) is 0 Å². The van der Waals surface area contributed by atoms with Crippen LogP contribution in [0, 0.1) is 0 Å². The number of hydrogen-bond donors (Lipinski definition) is 0. The lowest BCUT2D eigenvalue weighted by Gasteiger charge is -2.28. The van der Waals surface area contributed by atoms with Crippen LogP contribution in [0.2, 0.25) is 6.04 Å². The van der Waals surface area contributed by atoms with E-state index in [1.807, 2.05) is 20.8 Å². The molecule has 0 aliphatic rings. The molecule has 0 amide bonds. The molecule has 0 bridgehead atoms. The lowest BCUT2D eigenvalue weighted by molar-refractivity contribution is -0.144. The zero-order valence-electron chi connectivity index (χ0n) is 24.5. The molecule has 1 aromatic rings. The van der Waals surface area contributed by atoms with Gasteiger partial charge < -0.3 is 27.5 Å². The van der Waals surface area contributed by atoms with Crippen LogP contribution in [0.5, 0.6) is 0 Å². The molecule has 42 heavy (non-hydrogen) atoms. The minimum Gasteiger partial charge on any atom is -0.464 e. The summed E-state index contributed by atoms with van der Waals surface area (Å²) in [5.41, 5.74) is -2.97. The fourth-order valence-electron chi connectivity index (χ4n) is 3.78. The highest BCUT2D eigenvalue weighted by molar-refractivity contribution is 6.60. The van der Waals surface area contributed by atoms with E-state index in [2.05, 4.69) is 13.2 Å². The molecule has 0 atom stereocenters. The molecule has 16 heteroatoms. The molecule has 0 aliphatic carbocycles. The minimum atomic E-state index is -2.82. The average molecular weight is 616 g/mol. The van der Waals surface area contributed by atoms with Crippen molar-refractivity contribution in [1.82, 2.24) is 13.7 Å². The van der Waals surface area contributed by atoms with Crippen LogP contribution in [-0.2, 0) is 61.5 Å². The van der Waals surface area contributed by atoms with Crippen LogP contribution >= 0.6 is 0 Å². The summed E-state index contributed by atoms with van der Waals surface area (Å²) < 4.78 is 34.4. The van der Waals surface area contributed by atoms with E-state index < -0.39 is 43.8 Å². The predicted molar refractivity (Wildman–Crippen MR) is 152 cm³/mol. The quantitative estimate of drug-likeness (QED) is 0.0578. The molecule has 0 spiro atoms. The summed E-state index contributed by atoms with van der Waals surface area (Å²) in [4.78, 5) is 73.8. The largest absolute Gasteiger partial charge is 0.500 e. The Morgan fingerprint density at radius 3 is 1.40 bits per heavy atom. The number of aromatic nitrogens is 3. The molecule has 0 fully saturated rings. The van der Waals surface area contributed by atoms with Gasteiger partial charge in [0, 0.05) is 44.4 Å². The van der Waals surface area contributed by atoms with Gasteiger partial charge in [-0.2, -0.15) is 0 Å². The predicted octanol–water partition coefficient (Wildman–Crippen LogP) is 0.392. The Morgan fingerprint density at radius 2 is 1.05 bits per heavy atom. The van der Waals surface area contributed by atoms with Gasteiger partial charge in [0.25, 0.3) is 0 Å². The standard InChI is InChI=1S/C26H41N3O12Si/c1-6-21(30)36-17-14-27-24(33)28(15-18-37-22(31)7-2)26(35)29(25(27)34)16-19-38-23(32)13-11-12-20-42(39-8-3,40-9-4)41-10-5/h6-7H,1-2,8-20H2,3-5H3. The Hall–Kier alpha value is -3.60. The summed E-state index contributed by atoms with van der Waals surface area (Å²) in [5, 5.41) is 0. The summed E-state index contributed by atoms with van der Waals surface area (Å²) >= 11 is 0. The maximum absolute atomic E-state index is 13.0. The molecular formula is C26H41N3O12Si. The van der Waals surface area contributed by atoms with Crippen molar-refractivity contribution >= 4 is 26.7 Å². The van der Waals surface area contributed by atoms with Crippen LogP contribution in [-0.4, -0.2) is 80.1 Å². The zero-order valence-corrected chi connectivity index (χ0v) is 25.5. The van der Waals surface area contributed by atoms with Crippen molar-refractivity contribution in [2.24, 2.45) is 0 Å². The lowest BCUT2D eigenvalue weighted by Crippen LogP contribution is -2.55. The zero-order chi connectivity index (χ0) is 31.5. The molecule has 0 saturated carbocycles. The lowest BCUT2D eigenvalue weighted by atomic mass is 10.2. The highest BCUT2D eigenvalue weighted by Crippen LogP contribution is 2.20. The van der Waals surface area contributed by atoms with Crippen molar-refractivity contribution in [2.75, 3.05) is 39.6 Å². The highest BCUT2D eigenvalue weighted by atomic mass is 28.4. The highest BCUT2D eigenvalue weighted by Gasteiger charge is 2.39. The molecular weight excluding hydrogens is 574 g/mol. The third-order valence-electron chi connectivity index (χ3n) is 5.62. The SMILES string of the molecule is C=CC(=O)OCCn1c(=O)n(CCOC(=O)C=C)c(=O)n(CCOC(=O)CCCC[Si](OCC)(OCC)OCC)c1=O. The maximum Gasteiger partial charge on any atom is 0.500 e. The third-order valence-corrected chi connectivity index (χ3v) is 8.77. The third kappa shape index (κ3) is 11.7. The fraction of sp³-hybridized carbons (Fsp3) is 0.615. The van der Waals surface area contributed by atoms with E-state index in [4.69, 9.17) is 27.5 Å². The van der Waals surface area contributed by atoms with Crippen LogP contribution in [0.15, 0.2) is 39.7 Å². The van der Waals surface area contributed by atoms with Crippen LogP contribution in [0.25, 0.3) is 0 Å². The van der Waals surface area contributed by atoms with Gasteiger partial charge in [-0.25, -0.2) is 37.7 Å². The van der Waals surface area contributed by atoms with Crippen molar-refractivity contribution in [1.29, 1.82) is 0 Å². The molecule has 1 heterocycles. The van der Waals surface area contributed by atoms with Crippen molar-refractivity contribution in [3.05, 3.63) is 56.8 Å². The first-order valence-corrected chi connectivity index (χ1v) is 15.6. The fourth-order valence-corrected chi connectivity index (χ4v) is 6.47. The molecule has 0 aliphatic heterocycles. The number of esters is 3. The molecule has 1 rings (SSSR count). The van der Waals surface area contributed by atoms with E-state index in [1.54, 1.807) is 0 Å². The Labute approximate surface area is 244 Å². The number of hydrogen-bond acceptors (Lipinski definition) is 12. The maximum atomic E-state index is 13.0. The average Bonchev–Trinajstić information content (AvgIpc) is 2.96. The van der Waals surface area contributed by atoms with E-state index in [1.165, 1.54) is 0 Å². The second kappa shape index (κ2) is 19.5. The van der Waals surface area contributed by atoms with Gasteiger partial charge in [0.15, 0.2) is 0 Å². The molecule has 0 unspecified atom stereocenters.